The van der Waals surface area contributed by atoms with Crippen LogP contribution in [-0.2, 0) is 6.42 Å². The average molecular weight is 129 g/mol. The summed E-state index contributed by atoms with van der Waals surface area (Å²) in [6, 6.07) is 0. The lowest BCUT2D eigenvalue weighted by Crippen LogP contribution is -2.02. The molecule has 1 heterocycles. The number of aromatic nitrogens is 2. The van der Waals surface area contributed by atoms with Crippen molar-refractivity contribution in [1.82, 2.24) is 10.2 Å². The van der Waals surface area contributed by atoms with E-state index in [2.05, 4.69) is 14.6 Å². The Bertz CT molecular complexity index is 226. The first-order chi connectivity index (χ1) is 4.33. The summed E-state index contributed by atoms with van der Waals surface area (Å²) in [5.74, 6) is -0.166. The van der Waals surface area contributed by atoms with E-state index in [0.29, 0.717) is 18.9 Å². The normalized spacial score (nSPS) is 9.89. The molecular formula is C4H7N3O2. The summed E-state index contributed by atoms with van der Waals surface area (Å²) in [4.78, 5) is 10.2. The Morgan fingerprint density at radius 2 is 2.56 bits per heavy atom. The van der Waals surface area contributed by atoms with Crippen molar-refractivity contribution < 1.29 is 4.42 Å². The minimum atomic E-state index is -0.529. The first-order valence-corrected chi connectivity index (χ1v) is 2.57. The maximum atomic E-state index is 10.2. The third kappa shape index (κ3) is 1.39. The van der Waals surface area contributed by atoms with Crippen molar-refractivity contribution in [3.8, 4) is 0 Å². The van der Waals surface area contributed by atoms with Gasteiger partial charge < -0.3 is 10.2 Å². The smallest absolute Gasteiger partial charge is 0.392 e. The minimum Gasteiger partial charge on any atom is -0.392 e. The van der Waals surface area contributed by atoms with Crippen LogP contribution in [0.5, 0.6) is 0 Å². The SMILES string of the molecule is NCCc1n[nH]c(=O)o1. The molecule has 0 aromatic carbocycles. The van der Waals surface area contributed by atoms with Crippen molar-refractivity contribution in [2.75, 3.05) is 6.54 Å². The van der Waals surface area contributed by atoms with Gasteiger partial charge >= 0.3 is 5.76 Å². The van der Waals surface area contributed by atoms with Gasteiger partial charge in [-0.3, -0.25) is 0 Å². The highest BCUT2D eigenvalue weighted by Gasteiger charge is 1.96. The van der Waals surface area contributed by atoms with E-state index in [4.69, 9.17) is 5.73 Å². The molecule has 0 radical (unpaired) electrons. The van der Waals surface area contributed by atoms with E-state index in [-0.39, 0.29) is 0 Å². The Balaban J connectivity index is 2.73. The van der Waals surface area contributed by atoms with Crippen molar-refractivity contribution in [3.05, 3.63) is 16.4 Å². The molecular weight excluding hydrogens is 122 g/mol. The van der Waals surface area contributed by atoms with Gasteiger partial charge in [0.15, 0.2) is 0 Å². The Morgan fingerprint density at radius 3 is 3.00 bits per heavy atom. The number of aromatic amines is 1. The molecule has 5 nitrogen and oxygen atoms in total. The summed E-state index contributed by atoms with van der Waals surface area (Å²) in [5.41, 5.74) is 5.15. The van der Waals surface area contributed by atoms with Gasteiger partial charge in [-0.05, 0) is 0 Å². The lowest BCUT2D eigenvalue weighted by atomic mass is 10.4. The third-order valence-electron chi connectivity index (χ3n) is 0.841. The van der Waals surface area contributed by atoms with Crippen LogP contribution in [-0.4, -0.2) is 16.7 Å². The second-order valence-electron chi connectivity index (χ2n) is 1.55. The predicted octanol–water partition coefficient (Wildman–Crippen LogP) is -1.14. The van der Waals surface area contributed by atoms with Gasteiger partial charge in [-0.2, -0.15) is 0 Å². The van der Waals surface area contributed by atoms with Crippen molar-refractivity contribution in [2.24, 2.45) is 5.73 Å². The van der Waals surface area contributed by atoms with E-state index in [9.17, 15) is 4.79 Å². The molecule has 1 rings (SSSR count). The van der Waals surface area contributed by atoms with Gasteiger partial charge in [0.25, 0.3) is 0 Å². The van der Waals surface area contributed by atoms with Crippen LogP contribution in [0.4, 0.5) is 0 Å². The van der Waals surface area contributed by atoms with Crippen LogP contribution < -0.4 is 11.5 Å². The van der Waals surface area contributed by atoms with Crippen LogP contribution in [0.1, 0.15) is 5.89 Å². The van der Waals surface area contributed by atoms with E-state index >= 15 is 0 Å². The highest BCUT2D eigenvalue weighted by molar-refractivity contribution is 4.72. The molecule has 1 aromatic heterocycles. The number of H-pyrrole nitrogens is 1. The zero-order chi connectivity index (χ0) is 6.69. The lowest BCUT2D eigenvalue weighted by Gasteiger charge is -1.82. The number of hydrogen-bond acceptors (Lipinski definition) is 4. The van der Waals surface area contributed by atoms with E-state index in [0.717, 1.165) is 0 Å². The molecule has 0 saturated heterocycles. The zero-order valence-corrected chi connectivity index (χ0v) is 4.76. The molecule has 0 aliphatic rings. The van der Waals surface area contributed by atoms with E-state index in [1.54, 1.807) is 0 Å². The van der Waals surface area contributed by atoms with Crippen molar-refractivity contribution in [3.63, 3.8) is 0 Å². The Hall–Kier alpha value is -1.10. The molecule has 3 N–H and O–H groups in total. The van der Waals surface area contributed by atoms with Gasteiger partial charge in [-0.1, -0.05) is 0 Å². The molecule has 0 saturated carbocycles. The van der Waals surface area contributed by atoms with Gasteiger partial charge in [0.2, 0.25) is 5.89 Å². The number of nitrogens with zero attached hydrogens (tertiary/aromatic N) is 1. The number of rotatable bonds is 2. The quantitative estimate of drug-likeness (QED) is 0.528. The second kappa shape index (κ2) is 2.45. The summed E-state index contributed by atoms with van der Waals surface area (Å²) in [6.45, 7) is 0.438. The van der Waals surface area contributed by atoms with Crippen LogP contribution in [0.25, 0.3) is 0 Å². The first-order valence-electron chi connectivity index (χ1n) is 2.57. The molecule has 50 valence electrons. The van der Waals surface area contributed by atoms with Crippen molar-refractivity contribution in [1.29, 1.82) is 0 Å². The third-order valence-corrected chi connectivity index (χ3v) is 0.841. The minimum absolute atomic E-state index is 0.363. The van der Waals surface area contributed by atoms with Gasteiger partial charge in [-0.25, -0.2) is 9.89 Å². The average Bonchev–Trinajstić information content (AvgIpc) is 2.17. The van der Waals surface area contributed by atoms with Gasteiger partial charge in [0, 0.05) is 13.0 Å². The number of nitrogens with one attached hydrogen (secondary N) is 1. The van der Waals surface area contributed by atoms with E-state index < -0.39 is 5.76 Å². The Kier molecular flexibility index (Phi) is 1.64. The van der Waals surface area contributed by atoms with Crippen LogP contribution in [0, 0.1) is 0 Å². The van der Waals surface area contributed by atoms with Crippen molar-refractivity contribution >= 4 is 0 Å². The van der Waals surface area contributed by atoms with Gasteiger partial charge in [-0.15, -0.1) is 5.10 Å². The van der Waals surface area contributed by atoms with Gasteiger partial charge in [0.1, 0.15) is 0 Å². The molecule has 5 heteroatoms. The van der Waals surface area contributed by atoms with E-state index in [1.165, 1.54) is 0 Å². The van der Waals surface area contributed by atoms with Crippen LogP contribution in [0.15, 0.2) is 9.21 Å². The fourth-order valence-electron chi connectivity index (χ4n) is 0.491. The second-order valence-corrected chi connectivity index (χ2v) is 1.55. The fourth-order valence-corrected chi connectivity index (χ4v) is 0.491. The summed E-state index contributed by atoms with van der Waals surface area (Å²) < 4.78 is 4.52. The molecule has 0 aliphatic carbocycles. The summed E-state index contributed by atoms with van der Waals surface area (Å²) >= 11 is 0. The molecule has 0 unspecified atom stereocenters. The summed E-state index contributed by atoms with van der Waals surface area (Å²) in [6.07, 6.45) is 0.499. The maximum absolute atomic E-state index is 10.2. The Morgan fingerprint density at radius 1 is 1.78 bits per heavy atom. The summed E-state index contributed by atoms with van der Waals surface area (Å²) in [7, 11) is 0. The van der Waals surface area contributed by atoms with Crippen LogP contribution >= 0.6 is 0 Å². The van der Waals surface area contributed by atoms with E-state index in [1.807, 2.05) is 0 Å². The number of hydrogen-bond donors (Lipinski definition) is 2. The predicted molar refractivity (Wildman–Crippen MR) is 29.9 cm³/mol. The fraction of sp³-hybridized carbons (Fsp3) is 0.500. The van der Waals surface area contributed by atoms with Crippen LogP contribution in [0.3, 0.4) is 0 Å². The Labute approximate surface area is 50.9 Å². The topological polar surface area (TPSA) is 84.9 Å². The zero-order valence-electron chi connectivity index (χ0n) is 4.76. The monoisotopic (exact) mass is 129 g/mol. The molecule has 0 amide bonds. The standard InChI is InChI=1S/C4H7N3O2/c5-2-1-3-6-7-4(8)9-3/h1-2,5H2,(H,7,8). The highest BCUT2D eigenvalue weighted by Crippen LogP contribution is 1.84. The van der Waals surface area contributed by atoms with Crippen molar-refractivity contribution in [2.45, 2.75) is 6.42 Å². The largest absolute Gasteiger partial charge is 0.434 e. The lowest BCUT2D eigenvalue weighted by molar-refractivity contribution is 0.463. The van der Waals surface area contributed by atoms with Crippen LogP contribution in [0.2, 0.25) is 0 Å². The van der Waals surface area contributed by atoms with Gasteiger partial charge in [0.05, 0.1) is 0 Å². The summed E-state index contributed by atoms with van der Waals surface area (Å²) in [5, 5.41) is 5.65. The molecule has 0 fully saturated rings. The molecule has 9 heavy (non-hydrogen) atoms. The molecule has 0 spiro atoms. The molecule has 0 aliphatic heterocycles. The molecule has 0 bridgehead atoms. The highest BCUT2D eigenvalue weighted by atomic mass is 16.4. The maximum Gasteiger partial charge on any atom is 0.434 e. The molecule has 1 aromatic rings. The number of nitrogens with two attached hydrogens (primary N) is 1. The first kappa shape index (κ1) is 6.03. The molecule has 0 atom stereocenters.